The van der Waals surface area contributed by atoms with Crippen molar-refractivity contribution >= 4 is 22.8 Å². The summed E-state index contributed by atoms with van der Waals surface area (Å²) in [7, 11) is 0. The average Bonchev–Trinajstić information content (AvgIpc) is 3.02. The molecule has 2 aromatic heterocycles. The summed E-state index contributed by atoms with van der Waals surface area (Å²) in [6, 6.07) is 5.19. The van der Waals surface area contributed by atoms with Crippen molar-refractivity contribution in [1.29, 1.82) is 0 Å². The summed E-state index contributed by atoms with van der Waals surface area (Å²) >= 11 is 0. The van der Waals surface area contributed by atoms with E-state index in [1.54, 1.807) is 6.33 Å². The maximum Gasteiger partial charge on any atom is 0.228 e. The van der Waals surface area contributed by atoms with E-state index in [-0.39, 0.29) is 23.8 Å². The molecule has 1 amide bonds. The minimum atomic E-state index is -0.896. The third-order valence-electron chi connectivity index (χ3n) is 6.47. The summed E-state index contributed by atoms with van der Waals surface area (Å²) < 4.78 is 41.9. The van der Waals surface area contributed by atoms with E-state index in [4.69, 9.17) is 0 Å². The number of anilines is 1. The third kappa shape index (κ3) is 3.07. The van der Waals surface area contributed by atoms with Crippen LogP contribution in [-0.2, 0) is 4.79 Å². The highest BCUT2D eigenvalue weighted by molar-refractivity contribution is 5.91. The summed E-state index contributed by atoms with van der Waals surface area (Å²) in [5.41, 5.74) is 1.04. The topological polar surface area (TPSA) is 59.8 Å². The molecular weight excluding hydrogens is 381 g/mol. The van der Waals surface area contributed by atoms with Gasteiger partial charge in [0.1, 0.15) is 11.6 Å². The van der Waals surface area contributed by atoms with E-state index in [2.05, 4.69) is 15.3 Å². The largest absolute Gasteiger partial charge is 0.327 e. The molecule has 0 radical (unpaired) electrons. The number of rotatable bonds is 4. The number of hydrogen-bond acceptors (Lipinski definition) is 3. The van der Waals surface area contributed by atoms with Crippen LogP contribution in [-0.4, -0.2) is 20.4 Å². The van der Waals surface area contributed by atoms with Gasteiger partial charge in [-0.05, 0) is 42.7 Å². The molecule has 0 spiro atoms. The molecule has 1 N–H and O–H groups in total. The predicted octanol–water partition coefficient (Wildman–Crippen LogP) is 4.32. The molecule has 0 aliphatic heterocycles. The second-order valence-electron chi connectivity index (χ2n) is 8.08. The van der Waals surface area contributed by atoms with E-state index < -0.39 is 17.5 Å². The van der Waals surface area contributed by atoms with Crippen LogP contribution >= 0.6 is 0 Å². The summed E-state index contributed by atoms with van der Waals surface area (Å²) in [6.45, 7) is 1.90. The van der Waals surface area contributed by atoms with Gasteiger partial charge in [-0.2, -0.15) is 0 Å². The van der Waals surface area contributed by atoms with Crippen LogP contribution in [0.15, 0.2) is 36.8 Å². The Balaban J connectivity index is 1.25. The van der Waals surface area contributed by atoms with Crippen molar-refractivity contribution in [1.82, 2.24) is 14.5 Å². The van der Waals surface area contributed by atoms with Crippen molar-refractivity contribution in [3.05, 3.63) is 54.2 Å². The number of nitrogens with zero attached hydrogens (tertiary/aromatic N) is 3. The van der Waals surface area contributed by atoms with E-state index in [9.17, 15) is 18.0 Å². The molecule has 2 fully saturated rings. The number of benzene rings is 1. The maximum atomic E-state index is 13.6. The van der Waals surface area contributed by atoms with Crippen LogP contribution in [0.2, 0.25) is 0 Å². The molecular formula is C21H19F3N4O. The number of imidazole rings is 1. The van der Waals surface area contributed by atoms with E-state index in [1.807, 2.05) is 11.5 Å². The van der Waals surface area contributed by atoms with Gasteiger partial charge in [0.25, 0.3) is 0 Å². The molecule has 2 aliphatic rings. The maximum absolute atomic E-state index is 13.6. The number of carbonyl (C=O) groups is 1. The quantitative estimate of drug-likeness (QED) is 0.710. The summed E-state index contributed by atoms with van der Waals surface area (Å²) in [6.07, 6.45) is 4.48. The normalized spacial score (nSPS) is 26.3. The van der Waals surface area contributed by atoms with Crippen molar-refractivity contribution in [2.24, 2.45) is 23.7 Å². The highest BCUT2D eigenvalue weighted by Gasteiger charge is 2.59. The second-order valence-corrected chi connectivity index (χ2v) is 8.08. The molecule has 2 aliphatic carbocycles. The van der Waals surface area contributed by atoms with Crippen molar-refractivity contribution in [3.8, 4) is 0 Å². The van der Waals surface area contributed by atoms with Gasteiger partial charge in [-0.3, -0.25) is 4.79 Å². The van der Waals surface area contributed by atoms with Gasteiger partial charge in [-0.25, -0.2) is 23.1 Å². The summed E-state index contributed by atoms with van der Waals surface area (Å²) in [4.78, 5) is 20.6. The second kappa shape index (κ2) is 6.57. The van der Waals surface area contributed by atoms with Crippen LogP contribution in [0.1, 0.15) is 25.8 Å². The van der Waals surface area contributed by atoms with Crippen LogP contribution in [0.3, 0.4) is 0 Å². The first-order valence-electron chi connectivity index (χ1n) is 9.66. The van der Waals surface area contributed by atoms with E-state index in [0.717, 1.165) is 25.1 Å². The van der Waals surface area contributed by atoms with E-state index in [0.29, 0.717) is 28.7 Å². The lowest BCUT2D eigenvalue weighted by Crippen LogP contribution is -2.24. The first-order chi connectivity index (χ1) is 13.9. The molecule has 5 nitrogen and oxygen atoms in total. The number of hydrogen-bond donors (Lipinski definition) is 1. The number of aromatic nitrogens is 3. The lowest BCUT2D eigenvalue weighted by molar-refractivity contribution is -0.120. The fourth-order valence-corrected chi connectivity index (χ4v) is 5.01. The Bertz CT molecular complexity index is 1090. The van der Waals surface area contributed by atoms with Gasteiger partial charge < -0.3 is 9.88 Å². The van der Waals surface area contributed by atoms with E-state index >= 15 is 0 Å². The number of halogens is 3. The number of amides is 1. The van der Waals surface area contributed by atoms with Crippen LogP contribution < -0.4 is 5.32 Å². The highest BCUT2D eigenvalue weighted by Crippen LogP contribution is 2.64. The minimum Gasteiger partial charge on any atom is -0.327 e. The number of nitrogens with one attached hydrogen (secondary N) is 1. The van der Waals surface area contributed by atoms with Gasteiger partial charge in [-0.15, -0.1) is 0 Å². The Kier molecular flexibility index (Phi) is 4.11. The van der Waals surface area contributed by atoms with Crippen molar-refractivity contribution in [2.45, 2.75) is 25.8 Å². The fourth-order valence-electron chi connectivity index (χ4n) is 5.01. The van der Waals surface area contributed by atoms with Gasteiger partial charge in [0, 0.05) is 24.1 Å². The highest BCUT2D eigenvalue weighted by atomic mass is 19.2. The Hall–Kier alpha value is -2.90. The smallest absolute Gasteiger partial charge is 0.228 e. The van der Waals surface area contributed by atoms with Gasteiger partial charge in [0.2, 0.25) is 5.91 Å². The predicted molar refractivity (Wildman–Crippen MR) is 100 cm³/mol. The molecule has 0 saturated heterocycles. The van der Waals surface area contributed by atoms with Crippen LogP contribution in [0.25, 0.3) is 11.0 Å². The molecule has 2 heterocycles. The Morgan fingerprint density at radius 3 is 2.55 bits per heavy atom. The SMILES string of the molecule is CC(C(=O)Nc1ccc(F)cn1)[C@H]1[C@@H]2C[C@H](n3cnc4cc(F)c(F)cc43)C[C@@H]21. The van der Waals surface area contributed by atoms with Gasteiger partial charge in [-0.1, -0.05) is 6.92 Å². The van der Waals surface area contributed by atoms with Crippen LogP contribution in [0, 0.1) is 41.1 Å². The summed E-state index contributed by atoms with van der Waals surface area (Å²) in [5.74, 6) is -1.05. The standard InChI is InChI=1S/C21H19F3N4O/c1-10(21(29)27-19-3-2-11(22)8-25-19)20-13-4-12(5-14(13)20)28-9-26-17-6-15(23)16(24)7-18(17)28/h2-3,6-10,12-14,20H,4-5H2,1H3,(H,25,27,29)/t10?,12-,13+,14-,20-. The molecule has 3 aromatic rings. The zero-order chi connectivity index (χ0) is 20.3. The average molecular weight is 400 g/mol. The lowest BCUT2D eigenvalue weighted by atomic mass is 9.96. The molecule has 29 heavy (non-hydrogen) atoms. The molecule has 1 aromatic carbocycles. The summed E-state index contributed by atoms with van der Waals surface area (Å²) in [5, 5.41) is 2.74. The van der Waals surface area contributed by atoms with Gasteiger partial charge in [0.05, 0.1) is 23.6 Å². The first kappa shape index (κ1) is 18.1. The van der Waals surface area contributed by atoms with Gasteiger partial charge in [0.15, 0.2) is 11.6 Å². The number of pyridine rings is 1. The zero-order valence-corrected chi connectivity index (χ0v) is 15.6. The third-order valence-corrected chi connectivity index (χ3v) is 6.47. The number of carbonyl (C=O) groups excluding carboxylic acids is 1. The molecule has 5 atom stereocenters. The molecule has 8 heteroatoms. The minimum absolute atomic E-state index is 0.120. The Labute approximate surface area is 165 Å². The van der Waals surface area contributed by atoms with Crippen molar-refractivity contribution in [3.63, 3.8) is 0 Å². The van der Waals surface area contributed by atoms with Crippen LogP contribution in [0.5, 0.6) is 0 Å². The Morgan fingerprint density at radius 1 is 1.14 bits per heavy atom. The zero-order valence-electron chi connectivity index (χ0n) is 15.6. The number of fused-ring (bicyclic) bond motifs is 2. The molecule has 0 bridgehead atoms. The fraction of sp³-hybridized carbons (Fsp3) is 0.381. The molecule has 150 valence electrons. The molecule has 2 saturated carbocycles. The van der Waals surface area contributed by atoms with Crippen molar-refractivity contribution < 1.29 is 18.0 Å². The monoisotopic (exact) mass is 400 g/mol. The van der Waals surface area contributed by atoms with Crippen molar-refractivity contribution in [2.75, 3.05) is 5.32 Å². The van der Waals surface area contributed by atoms with Gasteiger partial charge >= 0.3 is 0 Å². The first-order valence-corrected chi connectivity index (χ1v) is 9.66. The lowest BCUT2D eigenvalue weighted by Gasteiger charge is -2.19. The van der Waals surface area contributed by atoms with E-state index in [1.165, 1.54) is 18.2 Å². The Morgan fingerprint density at radius 2 is 1.86 bits per heavy atom. The van der Waals surface area contributed by atoms with Crippen LogP contribution in [0.4, 0.5) is 19.0 Å². The molecule has 5 rings (SSSR count). The molecule has 1 unspecified atom stereocenters.